The number of nitrogens with zero attached hydrogens (tertiary/aromatic N) is 1. The average Bonchev–Trinajstić information content (AvgIpc) is 2.68. The van der Waals surface area contributed by atoms with Crippen LogP contribution >= 0.6 is 0 Å². The standard InChI is InChI=1S/C14H19NO2/c1-11-3-2-4-13-12(11)5-6-15(13)7-14(8-16)9-17-10-14/h2-4,16H,5-10H2,1H3. The van der Waals surface area contributed by atoms with Gasteiger partial charge in [-0.15, -0.1) is 0 Å². The van der Waals surface area contributed by atoms with E-state index in [-0.39, 0.29) is 12.0 Å². The zero-order valence-electron chi connectivity index (χ0n) is 10.3. The first kappa shape index (κ1) is 11.1. The van der Waals surface area contributed by atoms with E-state index in [2.05, 4.69) is 30.0 Å². The van der Waals surface area contributed by atoms with Crippen LogP contribution in [0.4, 0.5) is 5.69 Å². The molecule has 0 unspecified atom stereocenters. The van der Waals surface area contributed by atoms with Crippen LogP contribution in [-0.2, 0) is 11.2 Å². The number of aliphatic hydroxyl groups is 1. The number of rotatable bonds is 3. The van der Waals surface area contributed by atoms with Gasteiger partial charge in [-0.2, -0.15) is 0 Å². The van der Waals surface area contributed by atoms with E-state index in [1.54, 1.807) is 0 Å². The molecule has 0 bridgehead atoms. The van der Waals surface area contributed by atoms with Gasteiger partial charge in [-0.3, -0.25) is 0 Å². The molecule has 1 N–H and O–H groups in total. The van der Waals surface area contributed by atoms with E-state index in [1.165, 1.54) is 16.8 Å². The van der Waals surface area contributed by atoms with Crippen molar-refractivity contribution in [3.8, 4) is 0 Å². The van der Waals surface area contributed by atoms with E-state index in [0.717, 1.165) is 19.5 Å². The number of fused-ring (bicyclic) bond motifs is 1. The van der Waals surface area contributed by atoms with Gasteiger partial charge in [0.25, 0.3) is 0 Å². The summed E-state index contributed by atoms with van der Waals surface area (Å²) < 4.78 is 5.26. The summed E-state index contributed by atoms with van der Waals surface area (Å²) in [4.78, 5) is 2.40. The third-order valence-electron chi connectivity index (χ3n) is 4.04. The fourth-order valence-electron chi connectivity index (χ4n) is 2.87. The molecule has 0 amide bonds. The largest absolute Gasteiger partial charge is 0.396 e. The molecule has 2 aliphatic heterocycles. The molecule has 3 nitrogen and oxygen atoms in total. The predicted molar refractivity (Wildman–Crippen MR) is 67.4 cm³/mol. The molecular weight excluding hydrogens is 214 g/mol. The second-order valence-electron chi connectivity index (χ2n) is 5.40. The fraction of sp³-hybridized carbons (Fsp3) is 0.571. The number of benzene rings is 1. The molecule has 3 heteroatoms. The first-order valence-electron chi connectivity index (χ1n) is 6.26. The third kappa shape index (κ3) is 1.74. The Labute approximate surface area is 102 Å². The molecule has 0 radical (unpaired) electrons. The van der Waals surface area contributed by atoms with Crippen LogP contribution in [0.3, 0.4) is 0 Å². The van der Waals surface area contributed by atoms with Crippen molar-refractivity contribution in [2.75, 3.05) is 37.8 Å². The molecule has 1 fully saturated rings. The minimum Gasteiger partial charge on any atom is -0.396 e. The fourth-order valence-corrected chi connectivity index (χ4v) is 2.87. The summed E-state index contributed by atoms with van der Waals surface area (Å²) >= 11 is 0. The van der Waals surface area contributed by atoms with Gasteiger partial charge in [-0.05, 0) is 30.5 Å². The number of anilines is 1. The van der Waals surface area contributed by atoms with Crippen LogP contribution in [0.1, 0.15) is 11.1 Å². The van der Waals surface area contributed by atoms with Crippen LogP contribution in [0, 0.1) is 12.3 Å². The van der Waals surface area contributed by atoms with Crippen molar-refractivity contribution >= 4 is 5.69 Å². The molecule has 92 valence electrons. The highest BCUT2D eigenvalue weighted by molar-refractivity contribution is 5.60. The van der Waals surface area contributed by atoms with E-state index in [0.29, 0.717) is 13.2 Å². The molecule has 1 saturated heterocycles. The summed E-state index contributed by atoms with van der Waals surface area (Å²) in [6, 6.07) is 6.49. The molecule has 0 aliphatic carbocycles. The minimum atomic E-state index is -0.0225. The van der Waals surface area contributed by atoms with Crippen molar-refractivity contribution in [3.05, 3.63) is 29.3 Å². The highest BCUT2D eigenvalue weighted by Gasteiger charge is 2.40. The zero-order valence-corrected chi connectivity index (χ0v) is 10.3. The number of aryl methyl sites for hydroxylation is 1. The lowest BCUT2D eigenvalue weighted by molar-refractivity contribution is -0.130. The molecule has 0 atom stereocenters. The van der Waals surface area contributed by atoms with Gasteiger partial charge in [0.15, 0.2) is 0 Å². The first-order valence-corrected chi connectivity index (χ1v) is 6.26. The van der Waals surface area contributed by atoms with Crippen molar-refractivity contribution in [3.63, 3.8) is 0 Å². The highest BCUT2D eigenvalue weighted by atomic mass is 16.5. The summed E-state index contributed by atoms with van der Waals surface area (Å²) in [6.45, 7) is 5.78. The molecule has 2 heterocycles. The Kier molecular flexibility index (Phi) is 2.60. The van der Waals surface area contributed by atoms with Crippen molar-refractivity contribution in [2.45, 2.75) is 13.3 Å². The minimum absolute atomic E-state index is 0.0225. The van der Waals surface area contributed by atoms with E-state index in [9.17, 15) is 5.11 Å². The maximum absolute atomic E-state index is 9.49. The lowest BCUT2D eigenvalue weighted by Gasteiger charge is -2.43. The van der Waals surface area contributed by atoms with Gasteiger partial charge in [0.2, 0.25) is 0 Å². The highest BCUT2D eigenvalue weighted by Crippen LogP contribution is 2.35. The van der Waals surface area contributed by atoms with Gasteiger partial charge in [-0.1, -0.05) is 12.1 Å². The number of aliphatic hydroxyl groups excluding tert-OH is 1. The Balaban J connectivity index is 1.82. The molecule has 0 saturated carbocycles. The molecule has 0 aromatic heterocycles. The molecular formula is C14H19NO2. The van der Waals surface area contributed by atoms with Gasteiger partial charge in [0.05, 0.1) is 25.2 Å². The van der Waals surface area contributed by atoms with Crippen molar-refractivity contribution in [1.82, 2.24) is 0 Å². The quantitative estimate of drug-likeness (QED) is 0.856. The van der Waals surface area contributed by atoms with Crippen LogP contribution in [0.25, 0.3) is 0 Å². The van der Waals surface area contributed by atoms with Gasteiger partial charge in [0.1, 0.15) is 0 Å². The molecule has 1 aromatic rings. The monoisotopic (exact) mass is 233 g/mol. The average molecular weight is 233 g/mol. The Morgan fingerprint density at radius 3 is 2.88 bits per heavy atom. The summed E-state index contributed by atoms with van der Waals surface area (Å²) in [6.07, 6.45) is 1.13. The Hall–Kier alpha value is -1.06. The Morgan fingerprint density at radius 1 is 1.41 bits per heavy atom. The third-order valence-corrected chi connectivity index (χ3v) is 4.04. The van der Waals surface area contributed by atoms with E-state index < -0.39 is 0 Å². The Morgan fingerprint density at radius 2 is 2.24 bits per heavy atom. The maximum Gasteiger partial charge on any atom is 0.0584 e. The topological polar surface area (TPSA) is 32.7 Å². The molecule has 2 aliphatic rings. The van der Waals surface area contributed by atoms with Crippen molar-refractivity contribution in [2.24, 2.45) is 5.41 Å². The molecule has 3 rings (SSSR count). The summed E-state index contributed by atoms with van der Waals surface area (Å²) in [7, 11) is 0. The lowest BCUT2D eigenvalue weighted by Crippen LogP contribution is -2.53. The SMILES string of the molecule is Cc1cccc2c1CCN2CC1(CO)COC1. The lowest BCUT2D eigenvalue weighted by atomic mass is 9.86. The second-order valence-corrected chi connectivity index (χ2v) is 5.40. The van der Waals surface area contributed by atoms with Gasteiger partial charge < -0.3 is 14.7 Å². The van der Waals surface area contributed by atoms with Crippen LogP contribution in [-0.4, -0.2) is 38.0 Å². The number of hydrogen-bond donors (Lipinski definition) is 1. The molecule has 17 heavy (non-hydrogen) atoms. The number of ether oxygens (including phenoxy) is 1. The summed E-state index contributed by atoms with van der Waals surface area (Å²) in [5, 5.41) is 9.49. The maximum atomic E-state index is 9.49. The summed E-state index contributed by atoms with van der Waals surface area (Å²) in [5.74, 6) is 0. The van der Waals surface area contributed by atoms with Crippen LogP contribution in [0.2, 0.25) is 0 Å². The predicted octanol–water partition coefficient (Wildman–Crippen LogP) is 1.37. The summed E-state index contributed by atoms with van der Waals surface area (Å²) in [5.41, 5.74) is 4.18. The van der Waals surface area contributed by atoms with E-state index in [1.807, 2.05) is 0 Å². The molecule has 1 aromatic carbocycles. The van der Waals surface area contributed by atoms with Gasteiger partial charge >= 0.3 is 0 Å². The van der Waals surface area contributed by atoms with E-state index >= 15 is 0 Å². The first-order chi connectivity index (χ1) is 8.24. The number of hydrogen-bond acceptors (Lipinski definition) is 3. The van der Waals surface area contributed by atoms with Crippen LogP contribution in [0.5, 0.6) is 0 Å². The second kappa shape index (κ2) is 4.00. The Bertz CT molecular complexity index is 421. The smallest absolute Gasteiger partial charge is 0.0584 e. The zero-order chi connectivity index (χ0) is 11.9. The normalized spacial score (nSPS) is 21.2. The van der Waals surface area contributed by atoms with Crippen molar-refractivity contribution in [1.29, 1.82) is 0 Å². The molecule has 0 spiro atoms. The van der Waals surface area contributed by atoms with E-state index in [4.69, 9.17) is 4.74 Å². The van der Waals surface area contributed by atoms with Gasteiger partial charge in [0, 0.05) is 18.8 Å². The van der Waals surface area contributed by atoms with Crippen LogP contribution in [0.15, 0.2) is 18.2 Å². The van der Waals surface area contributed by atoms with Crippen molar-refractivity contribution < 1.29 is 9.84 Å². The van der Waals surface area contributed by atoms with Gasteiger partial charge in [-0.25, -0.2) is 0 Å². The van der Waals surface area contributed by atoms with Crippen LogP contribution < -0.4 is 4.90 Å².